The Kier molecular flexibility index (Phi) is 3.64. The monoisotopic (exact) mass is 284 g/mol. The first-order valence-corrected chi connectivity index (χ1v) is 7.27. The van der Waals surface area contributed by atoms with Crippen molar-refractivity contribution < 1.29 is 4.79 Å². The van der Waals surface area contributed by atoms with Gasteiger partial charge in [-0.3, -0.25) is 4.68 Å². The fourth-order valence-corrected chi connectivity index (χ4v) is 2.44. The summed E-state index contributed by atoms with van der Waals surface area (Å²) in [5, 5.41) is 10.1. The maximum atomic E-state index is 11.9. The van der Waals surface area contributed by atoms with Gasteiger partial charge in [0.1, 0.15) is 0 Å². The average molecular weight is 284 g/mol. The van der Waals surface area contributed by atoms with Crippen LogP contribution in [0.3, 0.4) is 0 Å². The zero-order valence-electron chi connectivity index (χ0n) is 12.4. The first kappa shape index (κ1) is 13.7. The highest BCUT2D eigenvalue weighted by Gasteiger charge is 2.27. The second kappa shape index (κ2) is 5.60. The van der Waals surface area contributed by atoms with Gasteiger partial charge < -0.3 is 10.6 Å². The number of para-hydroxylation sites is 1. The van der Waals surface area contributed by atoms with Crippen LogP contribution in [-0.2, 0) is 13.6 Å². The Morgan fingerprint density at radius 3 is 2.86 bits per heavy atom. The Hall–Kier alpha value is -2.30. The van der Waals surface area contributed by atoms with Gasteiger partial charge in [-0.2, -0.15) is 5.10 Å². The van der Waals surface area contributed by atoms with E-state index in [1.54, 1.807) is 0 Å². The van der Waals surface area contributed by atoms with Gasteiger partial charge in [0.25, 0.3) is 0 Å². The Morgan fingerprint density at radius 2 is 2.14 bits per heavy atom. The number of aryl methyl sites for hydroxylation is 2. The third-order valence-corrected chi connectivity index (χ3v) is 3.79. The van der Waals surface area contributed by atoms with Crippen LogP contribution in [-0.4, -0.2) is 15.8 Å². The average Bonchev–Trinajstić information content (AvgIpc) is 3.23. The Morgan fingerprint density at radius 1 is 1.38 bits per heavy atom. The SMILES string of the molecule is Cc1ccccc1NC(=O)NCc1cc(C2CC2)n(C)n1. The number of anilines is 1. The summed E-state index contributed by atoms with van der Waals surface area (Å²) in [4.78, 5) is 11.9. The number of nitrogens with one attached hydrogen (secondary N) is 2. The lowest BCUT2D eigenvalue weighted by atomic mass is 10.2. The van der Waals surface area contributed by atoms with E-state index in [-0.39, 0.29) is 6.03 Å². The van der Waals surface area contributed by atoms with Crippen LogP contribution in [0.15, 0.2) is 30.3 Å². The molecular formula is C16H20N4O. The van der Waals surface area contributed by atoms with E-state index in [0.29, 0.717) is 12.5 Å². The van der Waals surface area contributed by atoms with Crippen molar-refractivity contribution in [3.63, 3.8) is 0 Å². The number of urea groups is 1. The topological polar surface area (TPSA) is 59.0 Å². The van der Waals surface area contributed by atoms with Gasteiger partial charge in [0.15, 0.2) is 0 Å². The van der Waals surface area contributed by atoms with Crippen molar-refractivity contribution in [3.8, 4) is 0 Å². The summed E-state index contributed by atoms with van der Waals surface area (Å²) in [7, 11) is 1.96. The van der Waals surface area contributed by atoms with Crippen LogP contribution in [0.4, 0.5) is 10.5 Å². The molecule has 1 aromatic heterocycles. The molecule has 1 aliphatic rings. The zero-order valence-corrected chi connectivity index (χ0v) is 12.4. The van der Waals surface area contributed by atoms with E-state index in [1.807, 2.05) is 42.9 Å². The maximum absolute atomic E-state index is 11.9. The molecule has 1 aromatic carbocycles. The lowest BCUT2D eigenvalue weighted by molar-refractivity contribution is 0.251. The molecule has 0 atom stereocenters. The molecule has 1 aliphatic carbocycles. The second-order valence-electron chi connectivity index (χ2n) is 5.58. The molecule has 5 nitrogen and oxygen atoms in total. The molecule has 21 heavy (non-hydrogen) atoms. The number of carbonyl (C=O) groups is 1. The van der Waals surface area contributed by atoms with Crippen molar-refractivity contribution >= 4 is 11.7 Å². The summed E-state index contributed by atoms with van der Waals surface area (Å²) in [6, 6.07) is 9.60. The summed E-state index contributed by atoms with van der Waals surface area (Å²) in [6.07, 6.45) is 2.50. The Balaban J connectivity index is 1.56. The van der Waals surface area contributed by atoms with Crippen molar-refractivity contribution in [1.82, 2.24) is 15.1 Å². The molecule has 0 aliphatic heterocycles. The minimum atomic E-state index is -0.206. The fraction of sp³-hybridized carbons (Fsp3) is 0.375. The number of hydrogen-bond donors (Lipinski definition) is 2. The fourth-order valence-electron chi connectivity index (χ4n) is 2.44. The second-order valence-corrected chi connectivity index (χ2v) is 5.58. The summed E-state index contributed by atoms with van der Waals surface area (Å²) < 4.78 is 1.92. The van der Waals surface area contributed by atoms with Gasteiger partial charge in [-0.1, -0.05) is 18.2 Å². The normalized spacial score (nSPS) is 14.0. The van der Waals surface area contributed by atoms with Crippen LogP contribution in [0.1, 0.15) is 35.7 Å². The maximum Gasteiger partial charge on any atom is 0.319 e. The number of rotatable bonds is 4. The van der Waals surface area contributed by atoms with Crippen LogP contribution >= 0.6 is 0 Å². The van der Waals surface area contributed by atoms with Crippen molar-refractivity contribution in [2.75, 3.05) is 5.32 Å². The summed E-state index contributed by atoms with van der Waals surface area (Å²) in [5.41, 5.74) is 4.04. The van der Waals surface area contributed by atoms with Crippen molar-refractivity contribution in [2.24, 2.45) is 7.05 Å². The van der Waals surface area contributed by atoms with Crippen LogP contribution in [0.2, 0.25) is 0 Å². The van der Waals surface area contributed by atoms with Crippen molar-refractivity contribution in [1.29, 1.82) is 0 Å². The van der Waals surface area contributed by atoms with E-state index in [0.717, 1.165) is 16.9 Å². The van der Waals surface area contributed by atoms with E-state index in [9.17, 15) is 4.79 Å². The third kappa shape index (κ3) is 3.24. The standard InChI is InChI=1S/C16H20N4O/c1-11-5-3-4-6-14(11)18-16(21)17-10-13-9-15(12-7-8-12)20(2)19-13/h3-6,9,12H,7-8,10H2,1-2H3,(H2,17,18,21). The van der Waals surface area contributed by atoms with Gasteiger partial charge in [-0.15, -0.1) is 0 Å². The first-order chi connectivity index (χ1) is 10.1. The number of benzene rings is 1. The smallest absolute Gasteiger partial charge is 0.319 e. The molecule has 2 aromatic rings. The molecule has 110 valence electrons. The van der Waals surface area contributed by atoms with E-state index >= 15 is 0 Å². The van der Waals surface area contributed by atoms with E-state index in [1.165, 1.54) is 18.5 Å². The third-order valence-electron chi connectivity index (χ3n) is 3.79. The minimum absolute atomic E-state index is 0.206. The predicted molar refractivity (Wildman–Crippen MR) is 82.2 cm³/mol. The molecule has 1 fully saturated rings. The molecular weight excluding hydrogens is 264 g/mol. The molecule has 2 N–H and O–H groups in total. The van der Waals surface area contributed by atoms with Gasteiger partial charge in [0.2, 0.25) is 0 Å². The van der Waals surface area contributed by atoms with Crippen LogP contribution < -0.4 is 10.6 Å². The first-order valence-electron chi connectivity index (χ1n) is 7.27. The van der Waals surface area contributed by atoms with E-state index in [2.05, 4.69) is 21.8 Å². The van der Waals surface area contributed by atoms with Crippen molar-refractivity contribution in [3.05, 3.63) is 47.3 Å². The molecule has 0 saturated heterocycles. The molecule has 5 heteroatoms. The number of nitrogens with zero attached hydrogens (tertiary/aromatic N) is 2. The van der Waals surface area contributed by atoms with Gasteiger partial charge in [-0.05, 0) is 37.5 Å². The highest BCUT2D eigenvalue weighted by atomic mass is 16.2. The molecule has 0 spiro atoms. The lowest BCUT2D eigenvalue weighted by Gasteiger charge is -2.08. The van der Waals surface area contributed by atoms with E-state index < -0.39 is 0 Å². The Labute approximate surface area is 124 Å². The molecule has 2 amide bonds. The predicted octanol–water partition coefficient (Wildman–Crippen LogP) is 2.93. The molecule has 3 rings (SSSR count). The van der Waals surface area contributed by atoms with Crippen LogP contribution in [0.25, 0.3) is 0 Å². The highest BCUT2D eigenvalue weighted by Crippen LogP contribution is 2.39. The van der Waals surface area contributed by atoms with E-state index in [4.69, 9.17) is 0 Å². The molecule has 0 radical (unpaired) electrons. The number of carbonyl (C=O) groups excluding carboxylic acids is 1. The molecule has 0 bridgehead atoms. The minimum Gasteiger partial charge on any atom is -0.332 e. The zero-order chi connectivity index (χ0) is 14.8. The van der Waals surface area contributed by atoms with Crippen LogP contribution in [0.5, 0.6) is 0 Å². The quantitative estimate of drug-likeness (QED) is 0.907. The Bertz CT molecular complexity index is 658. The van der Waals surface area contributed by atoms with Gasteiger partial charge in [0, 0.05) is 24.3 Å². The molecule has 0 unspecified atom stereocenters. The van der Waals surface area contributed by atoms with Gasteiger partial charge in [-0.25, -0.2) is 4.79 Å². The van der Waals surface area contributed by atoms with Gasteiger partial charge >= 0.3 is 6.03 Å². The summed E-state index contributed by atoms with van der Waals surface area (Å²) in [5.74, 6) is 0.664. The lowest BCUT2D eigenvalue weighted by Crippen LogP contribution is -2.28. The summed E-state index contributed by atoms with van der Waals surface area (Å²) >= 11 is 0. The van der Waals surface area contributed by atoms with Crippen LogP contribution in [0, 0.1) is 6.92 Å². The largest absolute Gasteiger partial charge is 0.332 e. The summed E-state index contributed by atoms with van der Waals surface area (Å²) in [6.45, 7) is 2.41. The molecule has 1 saturated carbocycles. The number of aromatic nitrogens is 2. The number of amides is 2. The number of hydrogen-bond acceptors (Lipinski definition) is 2. The van der Waals surface area contributed by atoms with Crippen molar-refractivity contribution in [2.45, 2.75) is 32.2 Å². The highest BCUT2D eigenvalue weighted by molar-refractivity contribution is 5.89. The van der Waals surface area contributed by atoms with Gasteiger partial charge in [0.05, 0.1) is 12.2 Å². The molecule has 1 heterocycles.